The number of carbonyl (C=O) groups excluding carboxylic acids is 2. The maximum atomic E-state index is 11.6. The SMILES string of the molecule is O=C1NC(=O)/C(=C/c2ccccc2OCc2ccccc2)N1. The number of urea groups is 1. The third-order valence-electron chi connectivity index (χ3n) is 3.18. The van der Waals surface area contributed by atoms with E-state index in [2.05, 4.69) is 10.6 Å². The molecule has 1 saturated heterocycles. The van der Waals surface area contributed by atoms with Gasteiger partial charge in [0.25, 0.3) is 5.91 Å². The van der Waals surface area contributed by atoms with Gasteiger partial charge in [0.2, 0.25) is 0 Å². The summed E-state index contributed by atoms with van der Waals surface area (Å²) in [6.07, 6.45) is 1.60. The van der Waals surface area contributed by atoms with Crippen LogP contribution in [0.5, 0.6) is 5.75 Å². The lowest BCUT2D eigenvalue weighted by molar-refractivity contribution is -0.115. The first kappa shape index (κ1) is 13.9. The zero-order valence-electron chi connectivity index (χ0n) is 11.7. The molecule has 0 bridgehead atoms. The molecule has 3 rings (SSSR count). The average Bonchev–Trinajstić information content (AvgIpc) is 2.85. The van der Waals surface area contributed by atoms with Crippen molar-refractivity contribution in [1.29, 1.82) is 0 Å². The molecule has 1 aliphatic heterocycles. The number of ether oxygens (including phenoxy) is 1. The number of para-hydroxylation sites is 1. The van der Waals surface area contributed by atoms with Crippen LogP contribution in [0, 0.1) is 0 Å². The van der Waals surface area contributed by atoms with Crippen molar-refractivity contribution in [2.24, 2.45) is 0 Å². The number of hydrogen-bond acceptors (Lipinski definition) is 3. The van der Waals surface area contributed by atoms with E-state index in [0.717, 1.165) is 11.1 Å². The van der Waals surface area contributed by atoms with Gasteiger partial charge in [-0.1, -0.05) is 48.5 Å². The van der Waals surface area contributed by atoms with E-state index in [0.29, 0.717) is 12.4 Å². The Balaban J connectivity index is 1.80. The molecule has 2 aromatic rings. The molecule has 0 aliphatic carbocycles. The lowest BCUT2D eigenvalue weighted by Gasteiger charge is -2.09. The predicted molar refractivity (Wildman–Crippen MR) is 81.9 cm³/mol. The summed E-state index contributed by atoms with van der Waals surface area (Å²) < 4.78 is 5.81. The van der Waals surface area contributed by atoms with Crippen LogP contribution in [0.3, 0.4) is 0 Å². The van der Waals surface area contributed by atoms with Gasteiger partial charge in [-0.25, -0.2) is 4.79 Å². The van der Waals surface area contributed by atoms with Gasteiger partial charge in [-0.05, 0) is 17.7 Å². The Morgan fingerprint density at radius 3 is 2.36 bits per heavy atom. The van der Waals surface area contributed by atoms with Gasteiger partial charge in [0.15, 0.2) is 0 Å². The van der Waals surface area contributed by atoms with Crippen molar-refractivity contribution in [2.45, 2.75) is 6.61 Å². The van der Waals surface area contributed by atoms with Gasteiger partial charge < -0.3 is 10.1 Å². The number of imide groups is 1. The van der Waals surface area contributed by atoms with Crippen LogP contribution in [0.4, 0.5) is 4.79 Å². The number of carbonyl (C=O) groups is 2. The minimum atomic E-state index is -0.515. The van der Waals surface area contributed by atoms with Crippen LogP contribution in [0.1, 0.15) is 11.1 Å². The van der Waals surface area contributed by atoms with Crippen LogP contribution in [-0.4, -0.2) is 11.9 Å². The van der Waals surface area contributed by atoms with Gasteiger partial charge in [0.05, 0.1) is 0 Å². The van der Waals surface area contributed by atoms with Crippen LogP contribution in [0.25, 0.3) is 6.08 Å². The van der Waals surface area contributed by atoms with E-state index in [9.17, 15) is 9.59 Å². The Morgan fingerprint density at radius 1 is 0.909 bits per heavy atom. The number of amides is 3. The van der Waals surface area contributed by atoms with Gasteiger partial charge in [0, 0.05) is 5.56 Å². The van der Waals surface area contributed by atoms with Crippen LogP contribution in [0.15, 0.2) is 60.3 Å². The Morgan fingerprint density at radius 2 is 1.64 bits per heavy atom. The molecule has 0 radical (unpaired) electrons. The lowest BCUT2D eigenvalue weighted by Crippen LogP contribution is -2.22. The maximum absolute atomic E-state index is 11.6. The Labute approximate surface area is 127 Å². The first-order chi connectivity index (χ1) is 10.7. The van der Waals surface area contributed by atoms with Gasteiger partial charge in [-0.15, -0.1) is 0 Å². The summed E-state index contributed by atoms with van der Waals surface area (Å²) in [5, 5.41) is 4.63. The van der Waals surface area contributed by atoms with Crippen molar-refractivity contribution in [3.63, 3.8) is 0 Å². The van der Waals surface area contributed by atoms with Crippen LogP contribution >= 0.6 is 0 Å². The third-order valence-corrected chi connectivity index (χ3v) is 3.18. The highest BCUT2D eigenvalue weighted by Crippen LogP contribution is 2.22. The van der Waals surface area contributed by atoms with Gasteiger partial charge in [0.1, 0.15) is 18.1 Å². The maximum Gasteiger partial charge on any atom is 0.326 e. The van der Waals surface area contributed by atoms with Gasteiger partial charge in [-0.2, -0.15) is 0 Å². The van der Waals surface area contributed by atoms with E-state index in [4.69, 9.17) is 4.74 Å². The highest BCUT2D eigenvalue weighted by molar-refractivity contribution is 6.14. The van der Waals surface area contributed by atoms with E-state index in [-0.39, 0.29) is 5.70 Å². The molecular weight excluding hydrogens is 280 g/mol. The summed E-state index contributed by atoms with van der Waals surface area (Å²) in [4.78, 5) is 22.7. The second-order valence-corrected chi connectivity index (χ2v) is 4.78. The summed E-state index contributed by atoms with van der Waals surface area (Å²) in [7, 11) is 0. The molecule has 0 aromatic heterocycles. The zero-order chi connectivity index (χ0) is 15.4. The van der Waals surface area contributed by atoms with Crippen molar-refractivity contribution in [1.82, 2.24) is 10.6 Å². The van der Waals surface area contributed by atoms with Gasteiger partial charge >= 0.3 is 6.03 Å². The first-order valence-electron chi connectivity index (χ1n) is 6.82. The molecule has 110 valence electrons. The normalized spacial score (nSPS) is 15.5. The Kier molecular flexibility index (Phi) is 3.87. The Bertz CT molecular complexity index is 739. The predicted octanol–water partition coefficient (Wildman–Crippen LogP) is 2.45. The fourth-order valence-electron chi connectivity index (χ4n) is 2.10. The molecule has 5 nitrogen and oxygen atoms in total. The van der Waals surface area contributed by atoms with Gasteiger partial charge in [-0.3, -0.25) is 10.1 Å². The van der Waals surface area contributed by atoms with Crippen LogP contribution in [0.2, 0.25) is 0 Å². The van der Waals surface area contributed by atoms with Crippen molar-refractivity contribution < 1.29 is 14.3 Å². The highest BCUT2D eigenvalue weighted by atomic mass is 16.5. The molecule has 22 heavy (non-hydrogen) atoms. The zero-order valence-corrected chi connectivity index (χ0v) is 11.7. The van der Waals surface area contributed by atoms with E-state index in [1.54, 1.807) is 6.08 Å². The summed E-state index contributed by atoms with van der Waals surface area (Å²) in [6.45, 7) is 0.430. The molecule has 0 unspecified atom stereocenters. The Hall–Kier alpha value is -3.08. The highest BCUT2D eigenvalue weighted by Gasteiger charge is 2.23. The quantitative estimate of drug-likeness (QED) is 0.672. The monoisotopic (exact) mass is 294 g/mol. The van der Waals surface area contributed by atoms with Crippen LogP contribution in [-0.2, 0) is 11.4 Å². The summed E-state index contributed by atoms with van der Waals surface area (Å²) in [5.74, 6) is 0.204. The number of benzene rings is 2. The van der Waals surface area contributed by atoms with E-state index in [1.807, 2.05) is 54.6 Å². The smallest absolute Gasteiger partial charge is 0.326 e. The molecule has 0 saturated carbocycles. The van der Waals surface area contributed by atoms with Crippen LogP contribution < -0.4 is 15.4 Å². The van der Waals surface area contributed by atoms with Crippen molar-refractivity contribution in [3.8, 4) is 5.75 Å². The second-order valence-electron chi connectivity index (χ2n) is 4.78. The minimum absolute atomic E-state index is 0.209. The molecular formula is C17H14N2O3. The fraction of sp³-hybridized carbons (Fsp3) is 0.0588. The standard InChI is InChI=1S/C17H14N2O3/c20-16-14(18-17(21)19-16)10-13-8-4-5-9-15(13)22-11-12-6-2-1-3-7-12/h1-10H,11H2,(H2,18,19,20,21)/b14-10-. The molecule has 5 heteroatoms. The molecule has 1 fully saturated rings. The average molecular weight is 294 g/mol. The summed E-state index contributed by atoms with van der Waals surface area (Å²) in [6, 6.07) is 16.6. The number of rotatable bonds is 4. The second kappa shape index (κ2) is 6.13. The van der Waals surface area contributed by atoms with Crippen molar-refractivity contribution >= 4 is 18.0 Å². The summed E-state index contributed by atoms with van der Waals surface area (Å²) in [5.41, 5.74) is 1.99. The molecule has 1 heterocycles. The molecule has 0 spiro atoms. The third kappa shape index (κ3) is 3.15. The summed E-state index contributed by atoms with van der Waals surface area (Å²) >= 11 is 0. The minimum Gasteiger partial charge on any atom is -0.488 e. The number of hydrogen-bond donors (Lipinski definition) is 2. The van der Waals surface area contributed by atoms with E-state index >= 15 is 0 Å². The molecule has 3 amide bonds. The first-order valence-corrected chi connectivity index (χ1v) is 6.82. The fourth-order valence-corrected chi connectivity index (χ4v) is 2.10. The van der Waals surface area contributed by atoms with E-state index < -0.39 is 11.9 Å². The lowest BCUT2D eigenvalue weighted by atomic mass is 10.1. The largest absolute Gasteiger partial charge is 0.488 e. The molecule has 1 aliphatic rings. The van der Waals surface area contributed by atoms with Crippen molar-refractivity contribution in [2.75, 3.05) is 0 Å². The topological polar surface area (TPSA) is 67.4 Å². The molecule has 2 N–H and O–H groups in total. The van der Waals surface area contributed by atoms with Crippen molar-refractivity contribution in [3.05, 3.63) is 71.4 Å². The number of nitrogens with one attached hydrogen (secondary N) is 2. The molecule has 0 atom stereocenters. The molecule has 2 aromatic carbocycles. The van der Waals surface area contributed by atoms with E-state index in [1.165, 1.54) is 0 Å².